The number of hydrazine groups is 1. The van der Waals surface area contributed by atoms with Crippen molar-refractivity contribution in [3.05, 3.63) is 42.2 Å². The third-order valence-electron chi connectivity index (χ3n) is 4.30. The van der Waals surface area contributed by atoms with Gasteiger partial charge < -0.3 is 4.74 Å². The summed E-state index contributed by atoms with van der Waals surface area (Å²) in [7, 11) is 0. The minimum Gasteiger partial charge on any atom is -0.378 e. The predicted molar refractivity (Wildman–Crippen MR) is 79.9 cm³/mol. The Morgan fingerprint density at radius 1 is 1.40 bits per heavy atom. The SMILES string of the molecule is CCC1OCCC1C(NN)c1cncc2ccccc12. The first-order valence-electron chi connectivity index (χ1n) is 7.25. The third-order valence-corrected chi connectivity index (χ3v) is 4.30. The van der Waals surface area contributed by atoms with Crippen molar-refractivity contribution >= 4 is 10.8 Å². The third kappa shape index (κ3) is 2.30. The van der Waals surface area contributed by atoms with E-state index in [2.05, 4.69) is 35.5 Å². The van der Waals surface area contributed by atoms with E-state index in [1.807, 2.05) is 18.5 Å². The fraction of sp³-hybridized carbons (Fsp3) is 0.438. The monoisotopic (exact) mass is 271 g/mol. The molecule has 0 bridgehead atoms. The zero-order valence-electron chi connectivity index (χ0n) is 11.8. The highest BCUT2D eigenvalue weighted by Gasteiger charge is 2.34. The Morgan fingerprint density at radius 3 is 3.05 bits per heavy atom. The van der Waals surface area contributed by atoms with E-state index >= 15 is 0 Å². The number of nitrogens with two attached hydrogens (primary N) is 1. The van der Waals surface area contributed by atoms with Crippen molar-refractivity contribution in [2.24, 2.45) is 11.8 Å². The molecule has 1 saturated heterocycles. The van der Waals surface area contributed by atoms with Gasteiger partial charge >= 0.3 is 0 Å². The number of hydrogen-bond donors (Lipinski definition) is 2. The highest BCUT2D eigenvalue weighted by atomic mass is 16.5. The van der Waals surface area contributed by atoms with Crippen molar-refractivity contribution in [2.75, 3.05) is 6.61 Å². The van der Waals surface area contributed by atoms with Crippen molar-refractivity contribution in [1.29, 1.82) is 0 Å². The maximum Gasteiger partial charge on any atom is 0.0620 e. The second-order valence-corrected chi connectivity index (χ2v) is 5.36. The summed E-state index contributed by atoms with van der Waals surface area (Å²) in [6, 6.07) is 8.39. The Balaban J connectivity index is 2.03. The minimum absolute atomic E-state index is 0.0843. The summed E-state index contributed by atoms with van der Waals surface area (Å²) in [6.07, 6.45) is 6.15. The molecule has 0 radical (unpaired) electrons. The number of pyridine rings is 1. The summed E-state index contributed by atoms with van der Waals surface area (Å²) < 4.78 is 5.82. The molecule has 106 valence electrons. The van der Waals surface area contributed by atoms with E-state index in [0.717, 1.165) is 24.8 Å². The van der Waals surface area contributed by atoms with Crippen LogP contribution in [0.1, 0.15) is 31.4 Å². The van der Waals surface area contributed by atoms with Gasteiger partial charge in [-0.15, -0.1) is 0 Å². The lowest BCUT2D eigenvalue weighted by Gasteiger charge is -2.27. The molecule has 3 unspecified atom stereocenters. The number of benzene rings is 1. The zero-order chi connectivity index (χ0) is 13.9. The molecule has 0 amide bonds. The standard InChI is InChI=1S/C16H21N3O/c1-2-15-13(7-8-20-15)16(19-17)14-10-18-9-11-5-3-4-6-12(11)14/h3-6,9-10,13,15-16,19H,2,7-8,17H2,1H3. The first kappa shape index (κ1) is 13.5. The van der Waals surface area contributed by atoms with Gasteiger partial charge in [0.15, 0.2) is 0 Å². The lowest BCUT2D eigenvalue weighted by Crippen LogP contribution is -2.37. The molecule has 4 nitrogen and oxygen atoms in total. The van der Waals surface area contributed by atoms with Gasteiger partial charge in [0.25, 0.3) is 0 Å². The summed E-state index contributed by atoms with van der Waals surface area (Å²) in [5.41, 5.74) is 4.16. The van der Waals surface area contributed by atoms with Crippen LogP contribution in [0.3, 0.4) is 0 Å². The van der Waals surface area contributed by atoms with Gasteiger partial charge in [-0.05, 0) is 23.8 Å². The maximum atomic E-state index is 5.86. The molecule has 1 aromatic carbocycles. The molecule has 1 fully saturated rings. The van der Waals surface area contributed by atoms with E-state index in [-0.39, 0.29) is 12.1 Å². The van der Waals surface area contributed by atoms with Crippen molar-refractivity contribution in [2.45, 2.75) is 31.9 Å². The van der Waals surface area contributed by atoms with Gasteiger partial charge in [0.2, 0.25) is 0 Å². The number of fused-ring (bicyclic) bond motifs is 1. The first-order chi connectivity index (χ1) is 9.85. The fourth-order valence-corrected chi connectivity index (χ4v) is 3.30. The Labute approximate surface area is 119 Å². The molecular formula is C16H21N3O. The van der Waals surface area contributed by atoms with E-state index < -0.39 is 0 Å². The number of nitrogens with one attached hydrogen (secondary N) is 1. The second kappa shape index (κ2) is 5.87. The van der Waals surface area contributed by atoms with Crippen molar-refractivity contribution < 1.29 is 4.74 Å². The maximum absolute atomic E-state index is 5.86. The summed E-state index contributed by atoms with van der Waals surface area (Å²) in [5, 5.41) is 2.37. The van der Waals surface area contributed by atoms with E-state index in [9.17, 15) is 0 Å². The summed E-state index contributed by atoms with van der Waals surface area (Å²) in [5.74, 6) is 6.26. The molecule has 0 spiro atoms. The fourth-order valence-electron chi connectivity index (χ4n) is 3.30. The summed E-state index contributed by atoms with van der Waals surface area (Å²) >= 11 is 0. The van der Waals surface area contributed by atoms with Gasteiger partial charge in [-0.25, -0.2) is 0 Å². The number of aromatic nitrogens is 1. The Morgan fingerprint density at radius 2 is 2.25 bits per heavy atom. The van der Waals surface area contributed by atoms with Crippen LogP contribution in [0.2, 0.25) is 0 Å². The van der Waals surface area contributed by atoms with Crippen LogP contribution < -0.4 is 11.3 Å². The van der Waals surface area contributed by atoms with Gasteiger partial charge in [0, 0.05) is 30.3 Å². The topological polar surface area (TPSA) is 60.2 Å². The molecule has 1 aliphatic heterocycles. The van der Waals surface area contributed by atoms with Crippen molar-refractivity contribution in [1.82, 2.24) is 10.4 Å². The van der Waals surface area contributed by atoms with Crippen LogP contribution in [0.5, 0.6) is 0 Å². The number of hydrogen-bond acceptors (Lipinski definition) is 4. The van der Waals surface area contributed by atoms with Crippen LogP contribution in [-0.2, 0) is 4.74 Å². The Bertz CT molecular complexity index is 581. The highest BCUT2D eigenvalue weighted by Crippen LogP contribution is 2.36. The largest absolute Gasteiger partial charge is 0.378 e. The molecule has 3 rings (SSSR count). The van der Waals surface area contributed by atoms with Gasteiger partial charge in [0.1, 0.15) is 0 Å². The van der Waals surface area contributed by atoms with Crippen molar-refractivity contribution in [3.63, 3.8) is 0 Å². The molecule has 3 N–H and O–H groups in total. The van der Waals surface area contributed by atoms with Crippen LogP contribution in [0.4, 0.5) is 0 Å². The van der Waals surface area contributed by atoms with Gasteiger partial charge in [0.05, 0.1) is 12.1 Å². The van der Waals surface area contributed by atoms with E-state index in [1.54, 1.807) is 0 Å². The smallest absolute Gasteiger partial charge is 0.0620 e. The molecule has 20 heavy (non-hydrogen) atoms. The Kier molecular flexibility index (Phi) is 3.96. The first-order valence-corrected chi connectivity index (χ1v) is 7.25. The molecule has 2 heterocycles. The van der Waals surface area contributed by atoms with Crippen molar-refractivity contribution in [3.8, 4) is 0 Å². The Hall–Kier alpha value is -1.49. The second-order valence-electron chi connectivity index (χ2n) is 5.36. The van der Waals surface area contributed by atoms with Crippen LogP contribution in [0.15, 0.2) is 36.7 Å². The van der Waals surface area contributed by atoms with Crippen LogP contribution >= 0.6 is 0 Å². The lowest BCUT2D eigenvalue weighted by atomic mass is 9.86. The zero-order valence-corrected chi connectivity index (χ0v) is 11.8. The highest BCUT2D eigenvalue weighted by molar-refractivity contribution is 5.85. The van der Waals surface area contributed by atoms with E-state index in [0.29, 0.717) is 5.92 Å². The molecule has 4 heteroatoms. The quantitative estimate of drug-likeness (QED) is 0.663. The van der Waals surface area contributed by atoms with E-state index in [4.69, 9.17) is 10.6 Å². The normalized spacial score (nSPS) is 24.1. The lowest BCUT2D eigenvalue weighted by molar-refractivity contribution is 0.0775. The van der Waals surface area contributed by atoms with Gasteiger partial charge in [-0.2, -0.15) is 0 Å². The minimum atomic E-state index is 0.0843. The molecule has 2 aromatic rings. The van der Waals surface area contributed by atoms with Gasteiger partial charge in [-0.3, -0.25) is 16.3 Å². The molecule has 1 aromatic heterocycles. The summed E-state index contributed by atoms with van der Waals surface area (Å²) in [4.78, 5) is 4.37. The molecular weight excluding hydrogens is 250 g/mol. The number of rotatable bonds is 4. The average Bonchev–Trinajstić information content (AvgIpc) is 2.97. The predicted octanol–water partition coefficient (Wildman–Crippen LogP) is 2.55. The molecule has 1 aliphatic rings. The number of ether oxygens (including phenoxy) is 1. The van der Waals surface area contributed by atoms with Gasteiger partial charge in [-0.1, -0.05) is 31.2 Å². The van der Waals surface area contributed by atoms with Crippen LogP contribution in [0.25, 0.3) is 10.8 Å². The van der Waals surface area contributed by atoms with Crippen LogP contribution in [0, 0.1) is 5.92 Å². The van der Waals surface area contributed by atoms with E-state index in [1.165, 1.54) is 10.9 Å². The summed E-state index contributed by atoms with van der Waals surface area (Å²) in [6.45, 7) is 2.98. The average molecular weight is 271 g/mol. The molecule has 3 atom stereocenters. The van der Waals surface area contributed by atoms with Crippen LogP contribution in [-0.4, -0.2) is 17.7 Å². The molecule has 0 saturated carbocycles. The number of nitrogens with zero attached hydrogens (tertiary/aromatic N) is 1. The molecule has 0 aliphatic carbocycles.